The standard InChI is InChI=1S/C11H14NO2/c1-11(2,3)14-9-7-5-4-6-8(9)10(12)13/h4-7,12H,1-3H3. The molecule has 1 N–H and O–H groups in total. The van der Waals surface area contributed by atoms with Gasteiger partial charge in [-0.1, -0.05) is 12.1 Å². The number of benzene rings is 1. The van der Waals surface area contributed by atoms with Gasteiger partial charge in [-0.2, -0.15) is 0 Å². The van der Waals surface area contributed by atoms with Crippen LogP contribution < -0.4 is 10.5 Å². The summed E-state index contributed by atoms with van der Waals surface area (Å²) in [6.45, 7) is 5.70. The summed E-state index contributed by atoms with van der Waals surface area (Å²) in [7, 11) is 0. The molecule has 0 saturated heterocycles. The highest BCUT2D eigenvalue weighted by Crippen LogP contribution is 2.22. The first-order valence-corrected chi connectivity index (χ1v) is 4.44. The molecule has 0 heterocycles. The van der Waals surface area contributed by atoms with Crippen LogP contribution in [0.4, 0.5) is 0 Å². The van der Waals surface area contributed by atoms with Crippen molar-refractivity contribution in [3.8, 4) is 5.75 Å². The summed E-state index contributed by atoms with van der Waals surface area (Å²) >= 11 is 0. The summed E-state index contributed by atoms with van der Waals surface area (Å²) in [5, 5.41) is 0. The minimum absolute atomic E-state index is 0.308. The molecule has 0 saturated carbocycles. The number of rotatable bonds is 2. The Hall–Kier alpha value is -1.51. The van der Waals surface area contributed by atoms with Gasteiger partial charge in [0.2, 0.25) is 0 Å². The maximum absolute atomic E-state index is 10.9. The van der Waals surface area contributed by atoms with E-state index in [1.165, 1.54) is 0 Å². The molecule has 1 aromatic rings. The molecule has 1 radical (unpaired) electrons. The Kier molecular flexibility index (Phi) is 2.79. The lowest BCUT2D eigenvalue weighted by Gasteiger charge is -2.22. The van der Waals surface area contributed by atoms with Crippen LogP contribution in [-0.4, -0.2) is 11.5 Å². The molecule has 0 unspecified atom stereocenters. The number of carbonyl (C=O) groups excluding carboxylic acids is 1. The third-order valence-electron chi connectivity index (χ3n) is 1.55. The predicted octanol–water partition coefficient (Wildman–Crippen LogP) is 2.29. The Bertz CT molecular complexity index is 339. The second kappa shape index (κ2) is 3.70. The molecule has 0 aliphatic carbocycles. The number of hydrogen-bond donors (Lipinski definition) is 0. The van der Waals surface area contributed by atoms with Crippen LogP contribution in [0.1, 0.15) is 31.1 Å². The Morgan fingerprint density at radius 2 is 1.86 bits per heavy atom. The first-order chi connectivity index (χ1) is 6.40. The van der Waals surface area contributed by atoms with E-state index in [1.54, 1.807) is 24.3 Å². The third kappa shape index (κ3) is 2.76. The second-order valence-electron chi connectivity index (χ2n) is 4.04. The molecule has 0 spiro atoms. The van der Waals surface area contributed by atoms with E-state index >= 15 is 0 Å². The molecule has 0 bridgehead atoms. The molecular formula is C11H14NO2. The zero-order chi connectivity index (χ0) is 10.8. The maximum Gasteiger partial charge on any atom is 0.273 e. The molecule has 0 aliphatic heterocycles. The van der Waals surface area contributed by atoms with Gasteiger partial charge in [-0.15, -0.1) is 0 Å². The first-order valence-electron chi connectivity index (χ1n) is 4.44. The molecule has 75 valence electrons. The van der Waals surface area contributed by atoms with Gasteiger partial charge in [-0.05, 0) is 32.9 Å². The zero-order valence-corrected chi connectivity index (χ0v) is 8.63. The van der Waals surface area contributed by atoms with Crippen molar-refractivity contribution in [3.05, 3.63) is 29.8 Å². The highest BCUT2D eigenvalue weighted by atomic mass is 16.5. The fraction of sp³-hybridized carbons (Fsp3) is 0.364. The van der Waals surface area contributed by atoms with E-state index in [0.29, 0.717) is 11.3 Å². The SMILES string of the molecule is CC(C)(C)Oc1ccccc1C([NH])=O. The number of nitrogens with one attached hydrogen (secondary N) is 1. The highest BCUT2D eigenvalue weighted by molar-refractivity contribution is 5.95. The summed E-state index contributed by atoms with van der Waals surface area (Å²) < 4.78 is 5.55. The van der Waals surface area contributed by atoms with Crippen LogP contribution in [0.25, 0.3) is 0 Å². The number of ether oxygens (including phenoxy) is 1. The van der Waals surface area contributed by atoms with Gasteiger partial charge in [0.1, 0.15) is 11.4 Å². The van der Waals surface area contributed by atoms with Gasteiger partial charge in [-0.3, -0.25) is 10.5 Å². The van der Waals surface area contributed by atoms with E-state index in [9.17, 15) is 4.79 Å². The van der Waals surface area contributed by atoms with E-state index in [4.69, 9.17) is 10.5 Å². The van der Waals surface area contributed by atoms with Crippen LogP contribution in [0.3, 0.4) is 0 Å². The Labute approximate surface area is 83.9 Å². The van der Waals surface area contributed by atoms with Gasteiger partial charge in [0, 0.05) is 0 Å². The van der Waals surface area contributed by atoms with Crippen LogP contribution in [0.5, 0.6) is 5.75 Å². The fourth-order valence-corrected chi connectivity index (χ4v) is 1.07. The average Bonchev–Trinajstić information content (AvgIpc) is 2.01. The predicted molar refractivity (Wildman–Crippen MR) is 54.3 cm³/mol. The molecule has 1 amide bonds. The Morgan fingerprint density at radius 1 is 1.29 bits per heavy atom. The Morgan fingerprint density at radius 3 is 2.36 bits per heavy atom. The van der Waals surface area contributed by atoms with Crippen LogP contribution in [-0.2, 0) is 0 Å². The van der Waals surface area contributed by atoms with Crippen molar-refractivity contribution in [3.63, 3.8) is 0 Å². The van der Waals surface area contributed by atoms with Crippen LogP contribution in [0, 0.1) is 0 Å². The molecule has 3 heteroatoms. The van der Waals surface area contributed by atoms with Crippen molar-refractivity contribution in [1.82, 2.24) is 5.73 Å². The van der Waals surface area contributed by atoms with Crippen LogP contribution in [0.15, 0.2) is 24.3 Å². The monoisotopic (exact) mass is 192 g/mol. The van der Waals surface area contributed by atoms with Gasteiger partial charge in [0.25, 0.3) is 5.91 Å². The Balaban J connectivity index is 3.02. The molecule has 1 rings (SSSR count). The zero-order valence-electron chi connectivity index (χ0n) is 8.63. The molecule has 0 aromatic heterocycles. The number of para-hydroxylation sites is 1. The first kappa shape index (κ1) is 10.6. The lowest BCUT2D eigenvalue weighted by molar-refractivity contribution is 0.0970. The van der Waals surface area contributed by atoms with E-state index in [2.05, 4.69) is 0 Å². The minimum Gasteiger partial charge on any atom is -0.487 e. The molecule has 3 nitrogen and oxygen atoms in total. The van der Waals surface area contributed by atoms with Crippen molar-refractivity contribution in [1.29, 1.82) is 0 Å². The minimum atomic E-state index is -0.718. The van der Waals surface area contributed by atoms with Crippen molar-refractivity contribution in [2.45, 2.75) is 26.4 Å². The van der Waals surface area contributed by atoms with Crippen LogP contribution >= 0.6 is 0 Å². The maximum atomic E-state index is 10.9. The average molecular weight is 192 g/mol. The van der Waals surface area contributed by atoms with Gasteiger partial charge < -0.3 is 4.74 Å². The third-order valence-corrected chi connectivity index (χ3v) is 1.55. The van der Waals surface area contributed by atoms with Gasteiger partial charge >= 0.3 is 0 Å². The van der Waals surface area contributed by atoms with E-state index < -0.39 is 5.91 Å². The largest absolute Gasteiger partial charge is 0.487 e. The van der Waals surface area contributed by atoms with Crippen molar-refractivity contribution < 1.29 is 9.53 Å². The number of carbonyl (C=O) groups is 1. The molecule has 14 heavy (non-hydrogen) atoms. The fourth-order valence-electron chi connectivity index (χ4n) is 1.07. The molecule has 0 aliphatic rings. The summed E-state index contributed by atoms with van der Waals surface area (Å²) in [4.78, 5) is 10.9. The van der Waals surface area contributed by atoms with Gasteiger partial charge in [0.05, 0.1) is 5.56 Å². The lowest BCUT2D eigenvalue weighted by atomic mass is 10.1. The van der Waals surface area contributed by atoms with Gasteiger partial charge in [-0.25, -0.2) is 0 Å². The van der Waals surface area contributed by atoms with Crippen molar-refractivity contribution in [2.24, 2.45) is 0 Å². The van der Waals surface area contributed by atoms with Crippen molar-refractivity contribution in [2.75, 3.05) is 0 Å². The number of amides is 1. The summed E-state index contributed by atoms with van der Waals surface area (Å²) in [6.07, 6.45) is 0. The van der Waals surface area contributed by atoms with Crippen LogP contribution in [0.2, 0.25) is 0 Å². The normalized spacial score (nSPS) is 11.1. The van der Waals surface area contributed by atoms with E-state index in [0.717, 1.165) is 0 Å². The highest BCUT2D eigenvalue weighted by Gasteiger charge is 2.16. The molecule has 1 aromatic carbocycles. The molecular weight excluding hydrogens is 178 g/mol. The van der Waals surface area contributed by atoms with E-state index in [-0.39, 0.29) is 5.60 Å². The quantitative estimate of drug-likeness (QED) is 0.721. The van der Waals surface area contributed by atoms with E-state index in [1.807, 2.05) is 20.8 Å². The summed E-state index contributed by atoms with van der Waals surface area (Å²) in [6, 6.07) is 6.80. The lowest BCUT2D eigenvalue weighted by Crippen LogP contribution is -2.24. The molecule has 0 atom stereocenters. The molecule has 0 fully saturated rings. The second-order valence-corrected chi connectivity index (χ2v) is 4.04. The van der Waals surface area contributed by atoms with Crippen molar-refractivity contribution >= 4 is 5.91 Å². The number of hydrogen-bond acceptors (Lipinski definition) is 2. The van der Waals surface area contributed by atoms with Gasteiger partial charge in [0.15, 0.2) is 0 Å². The summed E-state index contributed by atoms with van der Waals surface area (Å²) in [5.41, 5.74) is 7.00. The topological polar surface area (TPSA) is 50.1 Å². The smallest absolute Gasteiger partial charge is 0.273 e. The summed E-state index contributed by atoms with van der Waals surface area (Å²) in [5.74, 6) is -0.246.